The molecule has 0 amide bonds. The smallest absolute Gasteiger partial charge is 0.124 e. The van der Waals surface area contributed by atoms with Crippen molar-refractivity contribution in [3.05, 3.63) is 77.6 Å². The maximum absolute atomic E-state index is 13.1. The second kappa shape index (κ2) is 9.87. The van der Waals surface area contributed by atoms with Gasteiger partial charge in [-0.15, -0.1) is 12.4 Å². The predicted octanol–water partition coefficient (Wildman–Crippen LogP) is 5.25. The van der Waals surface area contributed by atoms with Crippen LogP contribution in [0, 0.1) is 5.82 Å². The fraction of sp³-hybridized carbons (Fsp3) is 0.304. The monoisotopic (exact) mass is 401 g/mol. The van der Waals surface area contributed by atoms with Gasteiger partial charge < -0.3 is 14.8 Å². The van der Waals surface area contributed by atoms with Gasteiger partial charge in [0.15, 0.2) is 0 Å². The molecule has 1 unspecified atom stereocenters. The number of nitrogens with one attached hydrogen (secondary N) is 1. The summed E-state index contributed by atoms with van der Waals surface area (Å²) in [6.07, 6.45) is 2.58. The van der Waals surface area contributed by atoms with Gasteiger partial charge in [-0.05, 0) is 47.4 Å². The van der Waals surface area contributed by atoms with Crippen LogP contribution in [0.5, 0.6) is 5.75 Å². The number of halogens is 2. The third-order valence-electron chi connectivity index (χ3n) is 5.00. The van der Waals surface area contributed by atoms with E-state index in [1.165, 1.54) is 22.9 Å². The van der Waals surface area contributed by atoms with Crippen LogP contribution in [0.15, 0.2) is 60.7 Å². The van der Waals surface area contributed by atoms with E-state index in [9.17, 15) is 4.39 Å². The second-order valence-electron chi connectivity index (χ2n) is 6.94. The number of ether oxygens (including phenoxy) is 2. The summed E-state index contributed by atoms with van der Waals surface area (Å²) in [5.74, 6) is 0.626. The first-order chi connectivity index (χ1) is 13.3. The van der Waals surface area contributed by atoms with Gasteiger partial charge in [-0.3, -0.25) is 0 Å². The molecule has 5 heteroatoms. The number of rotatable bonds is 7. The molecule has 148 valence electrons. The van der Waals surface area contributed by atoms with Crippen molar-refractivity contribution in [2.75, 3.05) is 13.2 Å². The zero-order valence-electron chi connectivity index (χ0n) is 15.7. The van der Waals surface area contributed by atoms with E-state index in [0.717, 1.165) is 49.4 Å². The minimum Gasteiger partial charge on any atom is -0.489 e. The third kappa shape index (κ3) is 5.02. The standard InChI is InChI=1S/C23H24FNO2.ClH/c24-19-10-7-17(8-11-19)16-27-23-12-9-18-4-1-2-6-21(18)22(23)15-25-14-20-5-3-13-26-20;/h1-2,4,6-12,20,25H,3,5,13-16H2;1H. The molecule has 1 aliphatic rings. The Bertz CT molecular complexity index is 895. The maximum Gasteiger partial charge on any atom is 0.124 e. The van der Waals surface area contributed by atoms with Gasteiger partial charge in [0.2, 0.25) is 0 Å². The zero-order valence-corrected chi connectivity index (χ0v) is 16.5. The molecular formula is C23H25ClFNO2. The van der Waals surface area contributed by atoms with E-state index in [-0.39, 0.29) is 18.2 Å². The van der Waals surface area contributed by atoms with Crippen LogP contribution in [0.25, 0.3) is 10.8 Å². The van der Waals surface area contributed by atoms with E-state index in [2.05, 4.69) is 29.6 Å². The van der Waals surface area contributed by atoms with Gasteiger partial charge in [-0.2, -0.15) is 0 Å². The Morgan fingerprint density at radius 3 is 2.64 bits per heavy atom. The van der Waals surface area contributed by atoms with Crippen molar-refractivity contribution in [3.63, 3.8) is 0 Å². The molecule has 1 atom stereocenters. The predicted molar refractivity (Wildman–Crippen MR) is 113 cm³/mol. The van der Waals surface area contributed by atoms with Gasteiger partial charge in [0.1, 0.15) is 18.2 Å². The Morgan fingerprint density at radius 2 is 1.86 bits per heavy atom. The van der Waals surface area contributed by atoms with Gasteiger partial charge in [-0.25, -0.2) is 4.39 Å². The molecule has 1 N–H and O–H groups in total. The van der Waals surface area contributed by atoms with Crippen LogP contribution in [-0.2, 0) is 17.9 Å². The number of benzene rings is 3. The summed E-state index contributed by atoms with van der Waals surface area (Å²) in [5, 5.41) is 5.91. The van der Waals surface area contributed by atoms with Gasteiger partial charge in [0, 0.05) is 25.3 Å². The first-order valence-electron chi connectivity index (χ1n) is 9.50. The summed E-state index contributed by atoms with van der Waals surface area (Å²) in [7, 11) is 0. The average molecular weight is 402 g/mol. The number of hydrogen-bond donors (Lipinski definition) is 1. The topological polar surface area (TPSA) is 30.5 Å². The van der Waals surface area contributed by atoms with Crippen LogP contribution in [0.3, 0.4) is 0 Å². The van der Waals surface area contributed by atoms with Crippen LogP contribution in [-0.4, -0.2) is 19.3 Å². The summed E-state index contributed by atoms with van der Waals surface area (Å²) < 4.78 is 24.9. The van der Waals surface area contributed by atoms with Crippen molar-refractivity contribution in [1.29, 1.82) is 0 Å². The van der Waals surface area contributed by atoms with Crippen molar-refractivity contribution >= 4 is 23.2 Å². The van der Waals surface area contributed by atoms with E-state index in [1.54, 1.807) is 12.1 Å². The Labute approximate surface area is 171 Å². The van der Waals surface area contributed by atoms with Gasteiger partial charge in [0.05, 0.1) is 6.10 Å². The molecule has 1 fully saturated rings. The summed E-state index contributed by atoms with van der Waals surface area (Å²) in [5.41, 5.74) is 2.09. The molecule has 1 saturated heterocycles. The second-order valence-corrected chi connectivity index (χ2v) is 6.94. The molecule has 1 heterocycles. The normalized spacial score (nSPS) is 16.1. The summed E-state index contributed by atoms with van der Waals surface area (Å²) >= 11 is 0. The van der Waals surface area contributed by atoms with Crippen molar-refractivity contribution in [2.24, 2.45) is 0 Å². The highest BCUT2D eigenvalue weighted by Crippen LogP contribution is 2.29. The fourth-order valence-electron chi connectivity index (χ4n) is 3.54. The van der Waals surface area contributed by atoms with E-state index in [4.69, 9.17) is 9.47 Å². The Morgan fingerprint density at radius 1 is 1.04 bits per heavy atom. The van der Waals surface area contributed by atoms with E-state index < -0.39 is 0 Å². The van der Waals surface area contributed by atoms with Crippen LogP contribution < -0.4 is 10.1 Å². The molecule has 0 radical (unpaired) electrons. The molecular weight excluding hydrogens is 377 g/mol. The number of hydrogen-bond acceptors (Lipinski definition) is 3. The van der Waals surface area contributed by atoms with Crippen molar-refractivity contribution in [1.82, 2.24) is 5.32 Å². The Kier molecular flexibility index (Phi) is 7.26. The highest BCUT2D eigenvalue weighted by atomic mass is 35.5. The van der Waals surface area contributed by atoms with E-state index in [1.807, 2.05) is 12.1 Å². The van der Waals surface area contributed by atoms with E-state index in [0.29, 0.717) is 12.7 Å². The molecule has 0 bridgehead atoms. The molecule has 0 saturated carbocycles. The summed E-state index contributed by atoms with van der Waals surface area (Å²) in [6.45, 7) is 2.85. The molecule has 4 rings (SSSR count). The third-order valence-corrected chi connectivity index (χ3v) is 5.00. The van der Waals surface area contributed by atoms with Crippen molar-refractivity contribution < 1.29 is 13.9 Å². The maximum atomic E-state index is 13.1. The summed E-state index contributed by atoms with van der Waals surface area (Å²) in [6, 6.07) is 18.9. The Balaban J connectivity index is 0.00000225. The minimum absolute atomic E-state index is 0. The lowest BCUT2D eigenvalue weighted by molar-refractivity contribution is 0.110. The molecule has 0 aromatic heterocycles. The van der Waals surface area contributed by atoms with Crippen LogP contribution in [0.4, 0.5) is 4.39 Å². The minimum atomic E-state index is -0.233. The lowest BCUT2D eigenvalue weighted by Crippen LogP contribution is -2.26. The van der Waals surface area contributed by atoms with Crippen LogP contribution in [0.2, 0.25) is 0 Å². The molecule has 28 heavy (non-hydrogen) atoms. The highest BCUT2D eigenvalue weighted by molar-refractivity contribution is 5.87. The SMILES string of the molecule is Cl.Fc1ccc(COc2ccc3ccccc3c2CNCC2CCCO2)cc1. The average Bonchev–Trinajstić information content (AvgIpc) is 3.22. The van der Waals surface area contributed by atoms with E-state index >= 15 is 0 Å². The lowest BCUT2D eigenvalue weighted by Gasteiger charge is -2.16. The lowest BCUT2D eigenvalue weighted by atomic mass is 10.0. The van der Waals surface area contributed by atoms with Crippen LogP contribution >= 0.6 is 12.4 Å². The van der Waals surface area contributed by atoms with Crippen molar-refractivity contribution in [2.45, 2.75) is 32.1 Å². The molecule has 0 spiro atoms. The summed E-state index contributed by atoms with van der Waals surface area (Å²) in [4.78, 5) is 0. The first-order valence-corrected chi connectivity index (χ1v) is 9.50. The number of fused-ring (bicyclic) bond motifs is 1. The largest absolute Gasteiger partial charge is 0.489 e. The molecule has 3 aromatic carbocycles. The molecule has 0 aliphatic carbocycles. The van der Waals surface area contributed by atoms with Gasteiger partial charge >= 0.3 is 0 Å². The molecule has 3 aromatic rings. The van der Waals surface area contributed by atoms with Gasteiger partial charge in [0.25, 0.3) is 0 Å². The van der Waals surface area contributed by atoms with Gasteiger partial charge in [-0.1, -0.05) is 42.5 Å². The van der Waals surface area contributed by atoms with Crippen molar-refractivity contribution in [3.8, 4) is 5.75 Å². The fourth-order valence-corrected chi connectivity index (χ4v) is 3.54. The zero-order chi connectivity index (χ0) is 18.5. The molecule has 3 nitrogen and oxygen atoms in total. The first kappa shape index (κ1) is 20.6. The quantitative estimate of drug-likeness (QED) is 0.586. The molecule has 1 aliphatic heterocycles. The highest BCUT2D eigenvalue weighted by Gasteiger charge is 2.16. The van der Waals surface area contributed by atoms with Crippen LogP contribution in [0.1, 0.15) is 24.0 Å². The Hall–Kier alpha value is -2.14.